The van der Waals surface area contributed by atoms with E-state index in [0.29, 0.717) is 18.3 Å². The molecule has 3 nitrogen and oxygen atoms in total. The minimum Gasteiger partial charge on any atom is -0.327 e. The quantitative estimate of drug-likeness (QED) is 0.569. The third-order valence-electron chi connectivity index (χ3n) is 1.99. The van der Waals surface area contributed by atoms with E-state index in [1.54, 1.807) is 16.7 Å². The van der Waals surface area contributed by atoms with Gasteiger partial charge in [0, 0.05) is 18.5 Å². The van der Waals surface area contributed by atoms with Crippen molar-refractivity contribution in [3.8, 4) is 0 Å². The highest BCUT2D eigenvalue weighted by atomic mass is 32.2. The maximum atomic E-state index is 11.0. The summed E-state index contributed by atoms with van der Waals surface area (Å²) in [6.07, 6.45) is 2.62. The van der Waals surface area contributed by atoms with Crippen LogP contribution >= 0.6 is 11.8 Å². The molecule has 0 aromatic carbocycles. The molecule has 2 aliphatic heterocycles. The maximum absolute atomic E-state index is 11.0. The third kappa shape index (κ3) is 1.06. The number of nitrogens with two attached hydrogens (primary N) is 1. The molecule has 0 unspecified atom stereocenters. The SMILES string of the molecule is NCC1=CN2C(=O)C[C@@H]2SC1. The van der Waals surface area contributed by atoms with Crippen LogP contribution in [-0.4, -0.2) is 28.5 Å². The van der Waals surface area contributed by atoms with Gasteiger partial charge in [0.15, 0.2) is 0 Å². The minimum absolute atomic E-state index is 0.230. The Balaban J connectivity index is 2.13. The Morgan fingerprint density at radius 3 is 3.27 bits per heavy atom. The lowest BCUT2D eigenvalue weighted by Gasteiger charge is -2.40. The summed E-state index contributed by atoms with van der Waals surface area (Å²) in [5.74, 6) is 1.22. The molecule has 0 radical (unpaired) electrons. The van der Waals surface area contributed by atoms with E-state index in [2.05, 4.69) is 0 Å². The molecule has 11 heavy (non-hydrogen) atoms. The molecule has 0 spiro atoms. The number of amides is 1. The molecule has 2 heterocycles. The molecule has 0 bridgehead atoms. The molecular weight excluding hydrogens is 160 g/mol. The topological polar surface area (TPSA) is 46.3 Å². The van der Waals surface area contributed by atoms with Crippen molar-refractivity contribution >= 4 is 17.7 Å². The molecule has 1 amide bonds. The van der Waals surface area contributed by atoms with Crippen molar-refractivity contribution in [3.05, 3.63) is 11.8 Å². The maximum Gasteiger partial charge on any atom is 0.230 e. The Labute approximate surface area is 69.6 Å². The molecular formula is C7H10N2OS. The van der Waals surface area contributed by atoms with Gasteiger partial charge in [0.25, 0.3) is 0 Å². The number of nitrogens with zero attached hydrogens (tertiary/aromatic N) is 1. The Morgan fingerprint density at radius 2 is 2.64 bits per heavy atom. The molecule has 0 saturated carbocycles. The van der Waals surface area contributed by atoms with Gasteiger partial charge in [0.1, 0.15) is 0 Å². The lowest BCUT2D eigenvalue weighted by Crippen LogP contribution is -2.49. The van der Waals surface area contributed by atoms with Crippen molar-refractivity contribution in [1.82, 2.24) is 4.90 Å². The van der Waals surface area contributed by atoms with Gasteiger partial charge in [-0.25, -0.2) is 0 Å². The van der Waals surface area contributed by atoms with Gasteiger partial charge in [0.05, 0.1) is 11.8 Å². The number of fused-ring (bicyclic) bond motifs is 1. The van der Waals surface area contributed by atoms with Crippen LogP contribution in [0.3, 0.4) is 0 Å². The second-order valence-electron chi connectivity index (χ2n) is 2.76. The molecule has 0 aliphatic carbocycles. The molecule has 2 N–H and O–H groups in total. The van der Waals surface area contributed by atoms with E-state index in [4.69, 9.17) is 5.73 Å². The van der Waals surface area contributed by atoms with Crippen LogP contribution in [0.1, 0.15) is 6.42 Å². The summed E-state index contributed by atoms with van der Waals surface area (Å²) in [5, 5.41) is 0.415. The number of hydrogen-bond acceptors (Lipinski definition) is 3. The average Bonchev–Trinajstić information content (AvgIpc) is 2.03. The highest BCUT2D eigenvalue weighted by Gasteiger charge is 2.37. The first kappa shape index (κ1) is 7.18. The first-order valence-electron chi connectivity index (χ1n) is 3.63. The second kappa shape index (κ2) is 2.53. The largest absolute Gasteiger partial charge is 0.327 e. The zero-order valence-electron chi connectivity index (χ0n) is 6.12. The Morgan fingerprint density at radius 1 is 1.82 bits per heavy atom. The van der Waals surface area contributed by atoms with E-state index in [-0.39, 0.29) is 5.91 Å². The zero-order valence-corrected chi connectivity index (χ0v) is 6.93. The molecule has 1 saturated heterocycles. The molecule has 0 aromatic rings. The van der Waals surface area contributed by atoms with Gasteiger partial charge in [0.2, 0.25) is 5.91 Å². The molecule has 4 heteroatoms. The highest BCUT2D eigenvalue weighted by Crippen LogP contribution is 2.34. The fourth-order valence-electron chi connectivity index (χ4n) is 1.24. The van der Waals surface area contributed by atoms with Gasteiger partial charge in [-0.2, -0.15) is 0 Å². The predicted octanol–water partition coefficient (Wildman–Crippen LogP) is 0.134. The molecule has 2 aliphatic rings. The molecule has 2 rings (SSSR count). The fraction of sp³-hybridized carbons (Fsp3) is 0.571. The van der Waals surface area contributed by atoms with Crippen LogP contribution < -0.4 is 5.73 Å². The van der Waals surface area contributed by atoms with Gasteiger partial charge in [-0.05, 0) is 5.57 Å². The monoisotopic (exact) mass is 170 g/mol. The number of carbonyl (C=O) groups excluding carboxylic acids is 1. The molecule has 1 fully saturated rings. The van der Waals surface area contributed by atoms with Gasteiger partial charge in [-0.15, -0.1) is 11.8 Å². The fourth-order valence-corrected chi connectivity index (χ4v) is 2.44. The summed E-state index contributed by atoms with van der Waals surface area (Å²) < 4.78 is 0. The lowest BCUT2D eigenvalue weighted by atomic mass is 10.2. The number of thioether (sulfide) groups is 1. The van der Waals surface area contributed by atoms with Crippen LogP contribution in [0.5, 0.6) is 0 Å². The zero-order chi connectivity index (χ0) is 7.84. The first-order chi connectivity index (χ1) is 5.31. The van der Waals surface area contributed by atoms with Crippen LogP contribution in [0.15, 0.2) is 11.8 Å². The third-order valence-corrected chi connectivity index (χ3v) is 3.31. The number of rotatable bonds is 1. The van der Waals surface area contributed by atoms with Crippen molar-refractivity contribution in [2.75, 3.05) is 12.3 Å². The minimum atomic E-state index is 0.230. The van der Waals surface area contributed by atoms with E-state index >= 15 is 0 Å². The first-order valence-corrected chi connectivity index (χ1v) is 4.68. The Kier molecular flexibility index (Phi) is 1.65. The van der Waals surface area contributed by atoms with E-state index in [1.165, 1.54) is 5.57 Å². The molecule has 1 atom stereocenters. The standard InChI is InChI=1S/C7H10N2OS/c8-2-5-3-9-6(10)1-7(9)11-4-5/h3,7H,1-2,4,8H2/t7-/m0/s1. The van der Waals surface area contributed by atoms with Crippen molar-refractivity contribution in [3.63, 3.8) is 0 Å². The van der Waals surface area contributed by atoms with Crippen molar-refractivity contribution in [2.45, 2.75) is 11.8 Å². The van der Waals surface area contributed by atoms with Gasteiger partial charge in [-0.3, -0.25) is 4.79 Å². The van der Waals surface area contributed by atoms with Gasteiger partial charge < -0.3 is 10.6 Å². The summed E-state index contributed by atoms with van der Waals surface area (Å²) in [5.41, 5.74) is 6.63. The normalized spacial score (nSPS) is 29.2. The summed E-state index contributed by atoms with van der Waals surface area (Å²) in [7, 11) is 0. The van der Waals surface area contributed by atoms with Crippen LogP contribution in [-0.2, 0) is 4.79 Å². The molecule has 60 valence electrons. The number of β-lactam (4-membered cyclic amide) rings is 1. The van der Waals surface area contributed by atoms with E-state index in [9.17, 15) is 4.79 Å². The van der Waals surface area contributed by atoms with Crippen molar-refractivity contribution in [2.24, 2.45) is 5.73 Å². The second-order valence-corrected chi connectivity index (χ2v) is 3.93. The van der Waals surface area contributed by atoms with Crippen molar-refractivity contribution < 1.29 is 4.79 Å². The summed E-state index contributed by atoms with van der Waals surface area (Å²) >= 11 is 1.81. The highest BCUT2D eigenvalue weighted by molar-refractivity contribution is 8.00. The number of hydrogen-bond donors (Lipinski definition) is 1. The van der Waals surface area contributed by atoms with Crippen LogP contribution in [0.4, 0.5) is 0 Å². The van der Waals surface area contributed by atoms with E-state index < -0.39 is 0 Å². The lowest BCUT2D eigenvalue weighted by molar-refractivity contribution is -0.137. The molecule has 0 aromatic heterocycles. The van der Waals surface area contributed by atoms with Crippen LogP contribution in [0, 0.1) is 0 Å². The summed E-state index contributed by atoms with van der Waals surface area (Å²) in [6.45, 7) is 0.573. The van der Waals surface area contributed by atoms with Gasteiger partial charge in [-0.1, -0.05) is 0 Å². The summed E-state index contributed by atoms with van der Waals surface area (Å²) in [4.78, 5) is 12.7. The van der Waals surface area contributed by atoms with E-state index in [1.807, 2.05) is 6.20 Å². The predicted molar refractivity (Wildman–Crippen MR) is 44.8 cm³/mol. The Bertz CT molecular complexity index is 226. The Hall–Kier alpha value is -0.480. The summed E-state index contributed by atoms with van der Waals surface area (Å²) in [6, 6.07) is 0. The average molecular weight is 170 g/mol. The van der Waals surface area contributed by atoms with Crippen LogP contribution in [0.2, 0.25) is 0 Å². The number of carbonyl (C=O) groups is 1. The smallest absolute Gasteiger partial charge is 0.230 e. The van der Waals surface area contributed by atoms with Gasteiger partial charge >= 0.3 is 0 Å². The van der Waals surface area contributed by atoms with E-state index in [0.717, 1.165) is 5.75 Å². The van der Waals surface area contributed by atoms with Crippen molar-refractivity contribution in [1.29, 1.82) is 0 Å². The van der Waals surface area contributed by atoms with Crippen LogP contribution in [0.25, 0.3) is 0 Å².